The van der Waals surface area contributed by atoms with Gasteiger partial charge in [-0.05, 0) is 72.9 Å². The summed E-state index contributed by atoms with van der Waals surface area (Å²) in [5, 5.41) is 0. The highest BCUT2D eigenvalue weighted by molar-refractivity contribution is 5.80. The molecule has 0 aromatic heterocycles. The highest BCUT2D eigenvalue weighted by Gasteiger charge is 2.32. The molecule has 2 heterocycles. The molecule has 2 saturated heterocycles. The van der Waals surface area contributed by atoms with Crippen LogP contribution in [0.15, 0.2) is 0 Å². The summed E-state index contributed by atoms with van der Waals surface area (Å²) >= 11 is 0. The van der Waals surface area contributed by atoms with Gasteiger partial charge in [0.25, 0.3) is 0 Å². The van der Waals surface area contributed by atoms with E-state index in [1.165, 1.54) is 6.42 Å². The number of carbonyl (C=O) groups is 2. The zero-order chi connectivity index (χ0) is 17.7. The van der Waals surface area contributed by atoms with Gasteiger partial charge in [-0.3, -0.25) is 14.5 Å². The Labute approximate surface area is 147 Å². The van der Waals surface area contributed by atoms with Crippen molar-refractivity contribution in [1.29, 1.82) is 0 Å². The molecular weight excluding hydrogens is 302 g/mol. The van der Waals surface area contributed by atoms with Crippen molar-refractivity contribution in [2.45, 2.75) is 71.9 Å². The van der Waals surface area contributed by atoms with Gasteiger partial charge < -0.3 is 9.80 Å². The molecule has 0 aromatic rings. The van der Waals surface area contributed by atoms with Crippen molar-refractivity contribution < 1.29 is 9.59 Å². The molecule has 0 aliphatic carbocycles. The van der Waals surface area contributed by atoms with Crippen molar-refractivity contribution in [3.63, 3.8) is 0 Å². The third kappa shape index (κ3) is 4.50. The molecule has 5 heteroatoms. The summed E-state index contributed by atoms with van der Waals surface area (Å²) in [6, 6.07) is 0.728. The van der Waals surface area contributed by atoms with Crippen LogP contribution >= 0.6 is 0 Å². The molecule has 2 aliphatic rings. The minimum absolute atomic E-state index is 0.143. The van der Waals surface area contributed by atoms with Gasteiger partial charge in [0.1, 0.15) is 0 Å². The Bertz CT molecular complexity index is 418. The molecule has 2 fully saturated rings. The molecule has 0 radical (unpaired) electrons. The normalized spacial score (nSPS) is 26.4. The average Bonchev–Trinajstić information content (AvgIpc) is 2.56. The number of hydrogen-bond donors (Lipinski definition) is 0. The molecule has 0 aromatic carbocycles. The minimum Gasteiger partial charge on any atom is -0.343 e. The third-order valence-corrected chi connectivity index (χ3v) is 5.85. The third-order valence-electron chi connectivity index (χ3n) is 5.85. The lowest BCUT2D eigenvalue weighted by Crippen LogP contribution is -2.52. The lowest BCUT2D eigenvalue weighted by Gasteiger charge is -2.41. The summed E-state index contributed by atoms with van der Waals surface area (Å²) < 4.78 is 0. The van der Waals surface area contributed by atoms with E-state index in [2.05, 4.69) is 23.6 Å². The van der Waals surface area contributed by atoms with Crippen LogP contribution in [0.25, 0.3) is 0 Å². The fourth-order valence-corrected chi connectivity index (χ4v) is 4.32. The summed E-state index contributed by atoms with van der Waals surface area (Å²) in [6.07, 6.45) is 5.24. The van der Waals surface area contributed by atoms with E-state index in [1.807, 2.05) is 18.7 Å². The first-order valence-electron chi connectivity index (χ1n) is 9.80. The van der Waals surface area contributed by atoms with E-state index in [0.717, 1.165) is 51.9 Å². The Morgan fingerprint density at radius 1 is 0.958 bits per heavy atom. The molecule has 0 spiro atoms. The SMILES string of the molecule is CCN(CC)C(=O)C1CCN(CC(=O)N2C(C)CCCC2C)CC1. The van der Waals surface area contributed by atoms with Gasteiger partial charge in [0, 0.05) is 31.1 Å². The maximum Gasteiger partial charge on any atom is 0.237 e. The summed E-state index contributed by atoms with van der Waals surface area (Å²) in [5.74, 6) is 0.705. The quantitative estimate of drug-likeness (QED) is 0.773. The molecule has 138 valence electrons. The average molecular weight is 338 g/mol. The summed E-state index contributed by atoms with van der Waals surface area (Å²) in [6.45, 7) is 12.2. The first kappa shape index (κ1) is 19.2. The number of piperidine rings is 2. The second kappa shape index (κ2) is 8.84. The number of nitrogens with zero attached hydrogens (tertiary/aromatic N) is 3. The number of amides is 2. The van der Waals surface area contributed by atoms with Crippen molar-refractivity contribution in [3.05, 3.63) is 0 Å². The molecule has 2 unspecified atom stereocenters. The molecule has 2 amide bonds. The van der Waals surface area contributed by atoms with Gasteiger partial charge >= 0.3 is 0 Å². The Morgan fingerprint density at radius 3 is 2.00 bits per heavy atom. The molecular formula is C19H35N3O2. The van der Waals surface area contributed by atoms with Gasteiger partial charge in [0.05, 0.1) is 6.54 Å². The van der Waals surface area contributed by atoms with Gasteiger partial charge in [-0.25, -0.2) is 0 Å². The maximum atomic E-state index is 12.7. The lowest BCUT2D eigenvalue weighted by atomic mass is 9.94. The van der Waals surface area contributed by atoms with Gasteiger partial charge in [0.2, 0.25) is 11.8 Å². The van der Waals surface area contributed by atoms with E-state index in [4.69, 9.17) is 0 Å². The molecule has 2 atom stereocenters. The van der Waals surface area contributed by atoms with Crippen LogP contribution in [0.1, 0.15) is 59.8 Å². The van der Waals surface area contributed by atoms with Crippen LogP contribution in [0.2, 0.25) is 0 Å². The van der Waals surface area contributed by atoms with Gasteiger partial charge in [-0.1, -0.05) is 0 Å². The number of carbonyl (C=O) groups excluding carboxylic acids is 2. The zero-order valence-corrected chi connectivity index (χ0v) is 16.0. The van der Waals surface area contributed by atoms with E-state index in [0.29, 0.717) is 24.5 Å². The second-order valence-electron chi connectivity index (χ2n) is 7.49. The Kier molecular flexibility index (Phi) is 7.08. The Hall–Kier alpha value is -1.10. The van der Waals surface area contributed by atoms with Crippen LogP contribution in [0.4, 0.5) is 0 Å². The van der Waals surface area contributed by atoms with E-state index in [9.17, 15) is 9.59 Å². The molecule has 2 aliphatic heterocycles. The van der Waals surface area contributed by atoms with Crippen LogP contribution in [0.3, 0.4) is 0 Å². The van der Waals surface area contributed by atoms with E-state index in [-0.39, 0.29) is 11.8 Å². The standard InChI is InChI=1S/C19H35N3O2/c1-5-21(6-2)19(24)17-10-12-20(13-11-17)14-18(23)22-15(3)8-7-9-16(22)4/h15-17H,5-14H2,1-4H3. The topological polar surface area (TPSA) is 43.9 Å². The minimum atomic E-state index is 0.143. The fraction of sp³-hybridized carbons (Fsp3) is 0.895. The van der Waals surface area contributed by atoms with Gasteiger partial charge in [-0.2, -0.15) is 0 Å². The highest BCUT2D eigenvalue weighted by Crippen LogP contribution is 2.24. The number of likely N-dealkylation sites (tertiary alicyclic amines) is 2. The van der Waals surface area contributed by atoms with Crippen molar-refractivity contribution in [2.75, 3.05) is 32.7 Å². The molecule has 2 rings (SSSR count). The van der Waals surface area contributed by atoms with E-state index >= 15 is 0 Å². The first-order valence-corrected chi connectivity index (χ1v) is 9.80. The van der Waals surface area contributed by atoms with Crippen molar-refractivity contribution in [1.82, 2.24) is 14.7 Å². The van der Waals surface area contributed by atoms with Crippen LogP contribution in [-0.2, 0) is 9.59 Å². The van der Waals surface area contributed by atoms with Crippen molar-refractivity contribution in [3.8, 4) is 0 Å². The largest absolute Gasteiger partial charge is 0.343 e. The van der Waals surface area contributed by atoms with Crippen LogP contribution < -0.4 is 0 Å². The molecule has 24 heavy (non-hydrogen) atoms. The summed E-state index contributed by atoms with van der Waals surface area (Å²) in [4.78, 5) is 31.4. The van der Waals surface area contributed by atoms with Gasteiger partial charge in [-0.15, -0.1) is 0 Å². The van der Waals surface area contributed by atoms with Crippen molar-refractivity contribution >= 4 is 11.8 Å². The lowest BCUT2D eigenvalue weighted by molar-refractivity contribution is -0.139. The first-order chi connectivity index (χ1) is 11.5. The van der Waals surface area contributed by atoms with Crippen LogP contribution in [0, 0.1) is 5.92 Å². The predicted molar refractivity (Wildman–Crippen MR) is 96.7 cm³/mol. The fourth-order valence-electron chi connectivity index (χ4n) is 4.32. The smallest absolute Gasteiger partial charge is 0.237 e. The second-order valence-corrected chi connectivity index (χ2v) is 7.49. The van der Waals surface area contributed by atoms with Gasteiger partial charge in [0.15, 0.2) is 0 Å². The molecule has 0 N–H and O–H groups in total. The van der Waals surface area contributed by atoms with Crippen LogP contribution in [0.5, 0.6) is 0 Å². The number of hydrogen-bond acceptors (Lipinski definition) is 3. The van der Waals surface area contributed by atoms with Crippen molar-refractivity contribution in [2.24, 2.45) is 5.92 Å². The predicted octanol–water partition coefficient (Wildman–Crippen LogP) is 2.36. The Morgan fingerprint density at radius 2 is 1.50 bits per heavy atom. The van der Waals surface area contributed by atoms with Crippen LogP contribution in [-0.4, -0.2) is 71.3 Å². The highest BCUT2D eigenvalue weighted by atomic mass is 16.2. The van der Waals surface area contributed by atoms with E-state index < -0.39 is 0 Å². The zero-order valence-electron chi connectivity index (χ0n) is 16.0. The van der Waals surface area contributed by atoms with E-state index in [1.54, 1.807) is 0 Å². The monoisotopic (exact) mass is 337 g/mol. The maximum absolute atomic E-state index is 12.7. The summed E-state index contributed by atoms with van der Waals surface area (Å²) in [7, 11) is 0. The molecule has 0 bridgehead atoms. The molecule has 5 nitrogen and oxygen atoms in total. The Balaban J connectivity index is 1.82. The summed E-state index contributed by atoms with van der Waals surface area (Å²) in [5.41, 5.74) is 0. The molecule has 0 saturated carbocycles. The number of rotatable bonds is 5.